The number of rotatable bonds is 4. The van der Waals surface area contributed by atoms with Gasteiger partial charge in [0.15, 0.2) is 0 Å². The minimum absolute atomic E-state index is 0.0295. The van der Waals surface area contributed by atoms with E-state index in [0.29, 0.717) is 6.54 Å². The van der Waals surface area contributed by atoms with Crippen LogP contribution in [0.5, 0.6) is 0 Å². The molecule has 0 radical (unpaired) electrons. The molecular formula is C16H23NO4. The van der Waals surface area contributed by atoms with Gasteiger partial charge in [0.2, 0.25) is 5.91 Å². The molecule has 2 fully saturated rings. The molecule has 1 spiro atoms. The maximum atomic E-state index is 12.8. The number of fused-ring (bicyclic) bond motifs is 1. The molecular weight excluding hydrogens is 270 g/mol. The molecule has 0 N–H and O–H groups in total. The van der Waals surface area contributed by atoms with Crippen molar-refractivity contribution in [1.82, 2.24) is 4.90 Å². The van der Waals surface area contributed by atoms with Gasteiger partial charge in [0.1, 0.15) is 11.5 Å². The Morgan fingerprint density at radius 2 is 2.24 bits per heavy atom. The molecule has 5 atom stereocenters. The fourth-order valence-electron chi connectivity index (χ4n) is 3.70. The Morgan fingerprint density at radius 1 is 1.52 bits per heavy atom. The zero-order valence-corrected chi connectivity index (χ0v) is 13.0. The lowest BCUT2D eigenvalue weighted by atomic mass is 9.77. The Kier molecular flexibility index (Phi) is 3.35. The first kappa shape index (κ1) is 14.6. The topological polar surface area (TPSA) is 55.8 Å². The minimum Gasteiger partial charge on any atom is -0.463 e. The van der Waals surface area contributed by atoms with Crippen molar-refractivity contribution < 1.29 is 19.1 Å². The largest absolute Gasteiger partial charge is 0.463 e. The van der Waals surface area contributed by atoms with Gasteiger partial charge >= 0.3 is 5.97 Å². The van der Waals surface area contributed by atoms with Gasteiger partial charge in [-0.3, -0.25) is 9.59 Å². The summed E-state index contributed by atoms with van der Waals surface area (Å²) in [5.74, 6) is -1.21. The first-order valence-corrected chi connectivity index (χ1v) is 7.77. The highest BCUT2D eigenvalue weighted by atomic mass is 16.6. The number of hydrogen-bond donors (Lipinski definition) is 0. The van der Waals surface area contributed by atoms with Gasteiger partial charge in [-0.05, 0) is 27.2 Å². The molecule has 0 aromatic rings. The molecule has 0 saturated carbocycles. The predicted molar refractivity (Wildman–Crippen MR) is 76.4 cm³/mol. The van der Waals surface area contributed by atoms with E-state index in [1.165, 1.54) is 0 Å². The lowest BCUT2D eigenvalue weighted by Crippen LogP contribution is -2.41. The Labute approximate surface area is 125 Å². The van der Waals surface area contributed by atoms with E-state index >= 15 is 0 Å². The number of carbonyl (C=O) groups excluding carboxylic acids is 2. The van der Waals surface area contributed by atoms with E-state index in [-0.39, 0.29) is 30.1 Å². The lowest BCUT2D eigenvalue weighted by molar-refractivity contribution is -0.157. The van der Waals surface area contributed by atoms with Crippen LogP contribution in [0, 0.1) is 11.8 Å². The highest BCUT2D eigenvalue weighted by Crippen LogP contribution is 2.52. The highest BCUT2D eigenvalue weighted by molar-refractivity contribution is 5.91. The van der Waals surface area contributed by atoms with Gasteiger partial charge in [0.25, 0.3) is 0 Å². The second-order valence-corrected chi connectivity index (χ2v) is 6.61. The van der Waals surface area contributed by atoms with Crippen LogP contribution in [-0.2, 0) is 19.1 Å². The number of nitrogens with zero attached hydrogens (tertiary/aromatic N) is 1. The maximum Gasteiger partial charge on any atom is 0.313 e. The second kappa shape index (κ2) is 4.83. The van der Waals surface area contributed by atoms with E-state index in [9.17, 15) is 9.59 Å². The van der Waals surface area contributed by atoms with E-state index in [2.05, 4.69) is 6.92 Å². The molecule has 0 aliphatic carbocycles. The molecule has 3 aliphatic heterocycles. The van der Waals surface area contributed by atoms with Gasteiger partial charge in [-0.25, -0.2) is 0 Å². The summed E-state index contributed by atoms with van der Waals surface area (Å²) in [6, 6.07) is 0.162. The Morgan fingerprint density at radius 3 is 2.86 bits per heavy atom. The zero-order valence-electron chi connectivity index (χ0n) is 13.0. The van der Waals surface area contributed by atoms with E-state index in [1.54, 1.807) is 0 Å². The average Bonchev–Trinajstić information content (AvgIpc) is 3.05. The standard InChI is InChI=1S/C16H23NO4/c1-5-10(4)17-8-16-7-6-11(21-16)12(13(16)14(17)18)15(19)20-9(2)3/h6-7,9-13H,5,8H2,1-4H3/t10-,11-,12-,13+,16+/m0/s1. The molecule has 116 valence electrons. The van der Waals surface area contributed by atoms with Gasteiger partial charge in [-0.15, -0.1) is 0 Å². The SMILES string of the molecule is CC[C@H](C)N1C[C@@]23C=C[C@H](O2)[C@H](C(=O)OC(C)C)[C@@H]3C1=O. The molecule has 3 aliphatic rings. The third-order valence-corrected chi connectivity index (χ3v) is 4.88. The second-order valence-electron chi connectivity index (χ2n) is 6.61. The van der Waals surface area contributed by atoms with E-state index in [4.69, 9.17) is 9.47 Å². The van der Waals surface area contributed by atoms with Crippen LogP contribution in [0.4, 0.5) is 0 Å². The predicted octanol–water partition coefficient (Wildman–Crippen LogP) is 1.52. The number of esters is 1. The fourth-order valence-corrected chi connectivity index (χ4v) is 3.70. The van der Waals surface area contributed by atoms with E-state index in [1.807, 2.05) is 37.8 Å². The van der Waals surface area contributed by atoms with Crippen LogP contribution in [-0.4, -0.2) is 47.2 Å². The lowest BCUT2D eigenvalue weighted by Gasteiger charge is -2.26. The van der Waals surface area contributed by atoms with Crippen molar-refractivity contribution in [3.05, 3.63) is 12.2 Å². The monoisotopic (exact) mass is 293 g/mol. The molecule has 3 heterocycles. The van der Waals surface area contributed by atoms with Crippen LogP contribution in [0.2, 0.25) is 0 Å². The fraction of sp³-hybridized carbons (Fsp3) is 0.750. The molecule has 5 heteroatoms. The Balaban J connectivity index is 1.88. The van der Waals surface area contributed by atoms with Gasteiger partial charge in [0.05, 0.1) is 24.7 Å². The summed E-state index contributed by atoms with van der Waals surface area (Å²) in [5, 5.41) is 0. The molecule has 0 aromatic heterocycles. The first-order valence-electron chi connectivity index (χ1n) is 7.77. The van der Waals surface area contributed by atoms with Crippen LogP contribution in [0.15, 0.2) is 12.2 Å². The Hall–Kier alpha value is -1.36. The minimum atomic E-state index is -0.619. The van der Waals surface area contributed by atoms with Gasteiger partial charge < -0.3 is 14.4 Å². The normalized spacial score (nSPS) is 38.2. The highest BCUT2D eigenvalue weighted by Gasteiger charge is 2.67. The zero-order chi connectivity index (χ0) is 15.4. The van der Waals surface area contributed by atoms with Crippen LogP contribution >= 0.6 is 0 Å². The van der Waals surface area contributed by atoms with Crippen molar-refractivity contribution in [3.63, 3.8) is 0 Å². The van der Waals surface area contributed by atoms with Crippen LogP contribution in [0.25, 0.3) is 0 Å². The van der Waals surface area contributed by atoms with Crippen molar-refractivity contribution in [3.8, 4) is 0 Å². The average molecular weight is 293 g/mol. The maximum absolute atomic E-state index is 12.8. The van der Waals surface area contributed by atoms with Crippen LogP contribution in [0.1, 0.15) is 34.1 Å². The molecule has 1 amide bonds. The molecule has 2 bridgehead atoms. The molecule has 5 nitrogen and oxygen atoms in total. The quantitative estimate of drug-likeness (QED) is 0.582. The number of hydrogen-bond acceptors (Lipinski definition) is 4. The summed E-state index contributed by atoms with van der Waals surface area (Å²) in [6.45, 7) is 8.28. The molecule has 2 saturated heterocycles. The van der Waals surface area contributed by atoms with Crippen LogP contribution < -0.4 is 0 Å². The van der Waals surface area contributed by atoms with Crippen molar-refractivity contribution in [2.75, 3.05) is 6.54 Å². The molecule has 21 heavy (non-hydrogen) atoms. The van der Waals surface area contributed by atoms with Gasteiger partial charge in [-0.1, -0.05) is 19.1 Å². The molecule has 0 aromatic carbocycles. The smallest absolute Gasteiger partial charge is 0.313 e. The van der Waals surface area contributed by atoms with Crippen molar-refractivity contribution in [1.29, 1.82) is 0 Å². The van der Waals surface area contributed by atoms with Crippen molar-refractivity contribution in [2.24, 2.45) is 11.8 Å². The van der Waals surface area contributed by atoms with Crippen molar-refractivity contribution in [2.45, 2.75) is 58.0 Å². The number of ether oxygens (including phenoxy) is 2. The number of amides is 1. The van der Waals surface area contributed by atoms with Crippen molar-refractivity contribution >= 4 is 11.9 Å². The number of carbonyl (C=O) groups is 2. The summed E-state index contributed by atoms with van der Waals surface area (Å²) in [4.78, 5) is 27.0. The van der Waals surface area contributed by atoms with Gasteiger partial charge in [-0.2, -0.15) is 0 Å². The summed E-state index contributed by atoms with van der Waals surface area (Å²) >= 11 is 0. The molecule has 0 unspecified atom stereocenters. The summed E-state index contributed by atoms with van der Waals surface area (Å²) in [5.41, 5.74) is -0.619. The number of likely N-dealkylation sites (tertiary alicyclic amines) is 1. The third-order valence-electron chi connectivity index (χ3n) is 4.88. The summed E-state index contributed by atoms with van der Waals surface area (Å²) < 4.78 is 11.4. The van der Waals surface area contributed by atoms with E-state index < -0.39 is 17.4 Å². The van der Waals surface area contributed by atoms with E-state index in [0.717, 1.165) is 6.42 Å². The molecule has 3 rings (SSSR count). The first-order chi connectivity index (χ1) is 9.89. The summed E-state index contributed by atoms with van der Waals surface area (Å²) in [7, 11) is 0. The van der Waals surface area contributed by atoms with Crippen LogP contribution in [0.3, 0.4) is 0 Å². The van der Waals surface area contributed by atoms with Gasteiger partial charge in [0, 0.05) is 6.04 Å². The summed E-state index contributed by atoms with van der Waals surface area (Å²) in [6.07, 6.45) is 4.28. The third kappa shape index (κ3) is 2.01. The Bertz CT molecular complexity index is 501.